The summed E-state index contributed by atoms with van der Waals surface area (Å²) in [6.07, 6.45) is 5.45. The molecule has 7 nitrogen and oxygen atoms in total. The number of aromatic nitrogens is 2. The van der Waals surface area contributed by atoms with Gasteiger partial charge in [-0.2, -0.15) is 9.97 Å². The lowest BCUT2D eigenvalue weighted by molar-refractivity contribution is 0.286. The quantitative estimate of drug-likeness (QED) is 0.143. The number of benzene rings is 3. The first-order chi connectivity index (χ1) is 22.7. The number of anilines is 1. The SMILES string of the molecule is CCCC(CS(=O)CCCCOc1nc(N2CC3CCC(C2)N3)c2cc(Cl)c(Cc3cccc4ccc(F)c(F)c34)c(F)c2n1)NC. The first-order valence-corrected chi connectivity index (χ1v) is 18.3. The Morgan fingerprint density at radius 2 is 1.89 bits per heavy atom. The predicted molar refractivity (Wildman–Crippen MR) is 184 cm³/mol. The number of hydrogen-bond donors (Lipinski definition) is 2. The van der Waals surface area contributed by atoms with Crippen LogP contribution in [0.25, 0.3) is 21.7 Å². The topological polar surface area (TPSA) is 79.4 Å². The number of unbranched alkanes of at least 4 members (excludes halogenated alkanes) is 1. The molecule has 1 aromatic heterocycles. The second-order valence-corrected chi connectivity index (χ2v) is 14.6. The Bertz CT molecular complexity index is 1770. The van der Waals surface area contributed by atoms with Gasteiger partial charge >= 0.3 is 6.01 Å². The van der Waals surface area contributed by atoms with Crippen LogP contribution in [0.15, 0.2) is 36.4 Å². The van der Waals surface area contributed by atoms with Crippen molar-refractivity contribution >= 4 is 49.9 Å². The first kappa shape index (κ1) is 33.9. The van der Waals surface area contributed by atoms with Crippen molar-refractivity contribution in [1.82, 2.24) is 20.6 Å². The lowest BCUT2D eigenvalue weighted by Crippen LogP contribution is -2.51. The summed E-state index contributed by atoms with van der Waals surface area (Å²) in [5.41, 5.74) is 0.617. The summed E-state index contributed by atoms with van der Waals surface area (Å²) < 4.78 is 64.3. The molecule has 0 spiro atoms. The van der Waals surface area contributed by atoms with Crippen LogP contribution in [0.3, 0.4) is 0 Å². The third-order valence-corrected chi connectivity index (χ3v) is 11.1. The Labute approximate surface area is 281 Å². The van der Waals surface area contributed by atoms with E-state index in [9.17, 15) is 13.0 Å². The molecule has 0 aliphatic carbocycles. The predicted octanol–water partition coefficient (Wildman–Crippen LogP) is 6.68. The fraction of sp³-hybridized carbons (Fsp3) is 0.486. The molecule has 2 fully saturated rings. The van der Waals surface area contributed by atoms with Gasteiger partial charge in [-0.05, 0) is 62.2 Å². The summed E-state index contributed by atoms with van der Waals surface area (Å²) in [6, 6.07) is 10.2. The lowest BCUT2D eigenvalue weighted by atomic mass is 9.96. The third-order valence-electron chi connectivity index (χ3n) is 9.27. The molecule has 0 amide bonds. The Hall–Kier alpha value is -2.99. The van der Waals surface area contributed by atoms with Crippen LogP contribution < -0.4 is 20.3 Å². The van der Waals surface area contributed by atoms with Crippen LogP contribution in [-0.2, 0) is 17.2 Å². The van der Waals surface area contributed by atoms with Crippen LogP contribution in [0.1, 0.15) is 56.6 Å². The third kappa shape index (κ3) is 7.53. The van der Waals surface area contributed by atoms with Crippen molar-refractivity contribution in [3.63, 3.8) is 0 Å². The van der Waals surface area contributed by atoms with Gasteiger partial charge in [0.2, 0.25) is 0 Å². The van der Waals surface area contributed by atoms with E-state index in [0.717, 1.165) is 31.7 Å². The van der Waals surface area contributed by atoms with E-state index in [0.29, 0.717) is 78.3 Å². The molecule has 4 unspecified atom stereocenters. The number of rotatable bonds is 14. The van der Waals surface area contributed by atoms with Gasteiger partial charge in [0.25, 0.3) is 0 Å². The molecule has 4 atom stereocenters. The maximum atomic E-state index is 16.5. The van der Waals surface area contributed by atoms with Crippen molar-refractivity contribution in [3.05, 3.63) is 70.0 Å². The molecule has 0 radical (unpaired) electrons. The molecule has 2 N–H and O–H groups in total. The van der Waals surface area contributed by atoms with Crippen molar-refractivity contribution in [2.75, 3.05) is 43.1 Å². The maximum Gasteiger partial charge on any atom is 0.319 e. The summed E-state index contributed by atoms with van der Waals surface area (Å²) >= 11 is 6.75. The van der Waals surface area contributed by atoms with Gasteiger partial charge in [0.05, 0.1) is 6.61 Å². The Kier molecular flexibility index (Phi) is 10.9. The normalized spacial score (nSPS) is 19.1. The Morgan fingerprint density at radius 1 is 1.11 bits per heavy atom. The molecular weight excluding hydrogens is 647 g/mol. The molecule has 2 aliphatic heterocycles. The molecule has 47 heavy (non-hydrogen) atoms. The second kappa shape index (κ2) is 15.1. The average molecular weight is 688 g/mol. The highest BCUT2D eigenvalue weighted by Gasteiger charge is 2.34. The van der Waals surface area contributed by atoms with Crippen molar-refractivity contribution in [2.45, 2.75) is 70.0 Å². The van der Waals surface area contributed by atoms with Crippen LogP contribution in [0, 0.1) is 17.5 Å². The molecule has 3 aromatic carbocycles. The molecule has 6 rings (SSSR count). The van der Waals surface area contributed by atoms with Crippen LogP contribution in [0.4, 0.5) is 19.0 Å². The van der Waals surface area contributed by atoms with Crippen LogP contribution >= 0.6 is 11.6 Å². The van der Waals surface area contributed by atoms with Crippen LogP contribution in [0.5, 0.6) is 6.01 Å². The zero-order valence-electron chi connectivity index (χ0n) is 26.8. The van der Waals surface area contributed by atoms with Gasteiger partial charge in [-0.3, -0.25) is 4.21 Å². The number of nitrogens with zero attached hydrogens (tertiary/aromatic N) is 3. The van der Waals surface area contributed by atoms with E-state index in [1.165, 1.54) is 6.07 Å². The fourth-order valence-electron chi connectivity index (χ4n) is 6.85. The summed E-state index contributed by atoms with van der Waals surface area (Å²) in [7, 11) is 0.970. The molecule has 2 bridgehead atoms. The van der Waals surface area contributed by atoms with Gasteiger partial charge in [-0.1, -0.05) is 49.2 Å². The largest absolute Gasteiger partial charge is 0.463 e. The number of ether oxygens (including phenoxy) is 1. The van der Waals surface area contributed by atoms with Crippen molar-refractivity contribution < 1.29 is 22.1 Å². The first-order valence-electron chi connectivity index (χ1n) is 16.5. The molecule has 12 heteroatoms. The maximum absolute atomic E-state index is 16.5. The highest BCUT2D eigenvalue weighted by atomic mass is 35.5. The zero-order chi connectivity index (χ0) is 33.1. The number of halogens is 4. The minimum absolute atomic E-state index is 0.0585. The Balaban J connectivity index is 1.27. The average Bonchev–Trinajstić information content (AvgIpc) is 3.41. The number of fused-ring (bicyclic) bond motifs is 4. The van der Waals surface area contributed by atoms with Gasteiger partial charge in [0, 0.05) is 81.3 Å². The number of nitrogens with one attached hydrogen (secondary N) is 2. The van der Waals surface area contributed by atoms with Crippen molar-refractivity contribution in [2.24, 2.45) is 0 Å². The minimum atomic E-state index is -0.976. The fourth-order valence-corrected chi connectivity index (χ4v) is 8.59. The van der Waals surface area contributed by atoms with Gasteiger partial charge in [0.15, 0.2) is 17.5 Å². The van der Waals surface area contributed by atoms with Crippen molar-refractivity contribution in [1.29, 1.82) is 0 Å². The highest BCUT2D eigenvalue weighted by molar-refractivity contribution is 7.85. The summed E-state index contributed by atoms with van der Waals surface area (Å²) in [5, 5.41) is 8.09. The molecule has 3 heterocycles. The summed E-state index contributed by atoms with van der Waals surface area (Å²) in [6.45, 7) is 3.83. The standard InChI is InChI=1S/C35H41ClF3N5O2S/c1-3-7-25(40-2)20-47(45)15-5-4-14-46-35-42-33-27(34(43-35)44-18-23-11-12-24(19-44)41-23)17-28(36)26(31(33)38)16-22-9-6-8-21-10-13-29(37)32(39)30(21)22/h6,8-10,13,17,23-25,40-41H,3-5,7,11-12,14-16,18-20H2,1-2H3. The van der Waals surface area contributed by atoms with E-state index in [1.54, 1.807) is 24.3 Å². The van der Waals surface area contributed by atoms with E-state index in [1.807, 2.05) is 7.05 Å². The highest BCUT2D eigenvalue weighted by Crippen LogP contribution is 2.37. The molecule has 2 aliphatic rings. The smallest absolute Gasteiger partial charge is 0.319 e. The van der Waals surface area contributed by atoms with Crippen LogP contribution in [0.2, 0.25) is 5.02 Å². The molecule has 4 aromatic rings. The lowest BCUT2D eigenvalue weighted by Gasteiger charge is -2.34. The summed E-state index contributed by atoms with van der Waals surface area (Å²) in [4.78, 5) is 11.4. The molecular formula is C35H41ClF3N5O2S. The van der Waals surface area contributed by atoms with Gasteiger partial charge in [-0.15, -0.1) is 0 Å². The molecule has 252 valence electrons. The van der Waals surface area contributed by atoms with Gasteiger partial charge < -0.3 is 20.3 Å². The van der Waals surface area contributed by atoms with E-state index >= 15 is 4.39 Å². The monoisotopic (exact) mass is 687 g/mol. The zero-order valence-corrected chi connectivity index (χ0v) is 28.3. The van der Waals surface area contributed by atoms with Crippen molar-refractivity contribution in [3.8, 4) is 6.01 Å². The number of hydrogen-bond acceptors (Lipinski definition) is 7. The van der Waals surface area contributed by atoms with E-state index in [4.69, 9.17) is 21.3 Å². The van der Waals surface area contributed by atoms with Gasteiger partial charge in [0.1, 0.15) is 11.3 Å². The van der Waals surface area contributed by atoms with Crippen LogP contribution in [-0.4, -0.2) is 70.6 Å². The summed E-state index contributed by atoms with van der Waals surface area (Å²) in [5.74, 6) is -0.828. The molecule has 2 saturated heterocycles. The van der Waals surface area contributed by atoms with E-state index < -0.39 is 28.3 Å². The van der Waals surface area contributed by atoms with Gasteiger partial charge in [-0.25, -0.2) is 13.2 Å². The molecule has 0 saturated carbocycles. The minimum Gasteiger partial charge on any atom is -0.463 e. The number of piperazine rings is 1. The Morgan fingerprint density at radius 3 is 2.64 bits per heavy atom. The van der Waals surface area contributed by atoms with E-state index in [-0.39, 0.29) is 40.0 Å². The second-order valence-electron chi connectivity index (χ2n) is 12.6. The van der Waals surface area contributed by atoms with E-state index in [2.05, 4.69) is 27.4 Å².